The molecule has 1 amide bonds. The van der Waals surface area contributed by atoms with Crippen LogP contribution in [0, 0.1) is 12.8 Å². The molecular weight excluding hydrogens is 412 g/mol. The average Bonchev–Trinajstić information content (AvgIpc) is 2.79. The molecule has 0 bridgehead atoms. The highest BCUT2D eigenvalue weighted by molar-refractivity contribution is 6.30. The fraction of sp³-hybridized carbons (Fsp3) is 0.348. The van der Waals surface area contributed by atoms with Crippen molar-refractivity contribution in [1.29, 1.82) is 0 Å². The van der Waals surface area contributed by atoms with Crippen LogP contribution in [-0.2, 0) is 0 Å². The highest BCUT2D eigenvalue weighted by Crippen LogP contribution is 2.28. The number of carbonyl (C=O) groups is 1. The summed E-state index contributed by atoms with van der Waals surface area (Å²) < 4.78 is 0. The van der Waals surface area contributed by atoms with Gasteiger partial charge in [-0.15, -0.1) is 0 Å². The number of nitrogens with zero attached hydrogens (tertiary/aromatic N) is 5. The molecule has 1 saturated heterocycles. The van der Waals surface area contributed by atoms with Crippen molar-refractivity contribution in [1.82, 2.24) is 24.8 Å². The number of pyridine rings is 2. The van der Waals surface area contributed by atoms with Crippen molar-refractivity contribution in [2.45, 2.75) is 32.7 Å². The minimum Gasteiger partial charge on any atom is -0.368 e. The Morgan fingerprint density at radius 2 is 2.00 bits per heavy atom. The zero-order valence-corrected chi connectivity index (χ0v) is 18.4. The fourth-order valence-corrected chi connectivity index (χ4v) is 4.09. The SMILES string of the molecule is Cc1ccc(-c2ncccn2)c(C(=O)N2CCC[C@@H](C)C2CNc2ccc(Cl)cn2)n1. The van der Waals surface area contributed by atoms with Gasteiger partial charge in [0, 0.05) is 37.4 Å². The molecule has 160 valence electrons. The van der Waals surface area contributed by atoms with Gasteiger partial charge in [0.1, 0.15) is 11.5 Å². The molecule has 3 aromatic heterocycles. The summed E-state index contributed by atoms with van der Waals surface area (Å²) in [5, 5.41) is 3.95. The van der Waals surface area contributed by atoms with E-state index >= 15 is 0 Å². The summed E-state index contributed by atoms with van der Waals surface area (Å²) in [6.45, 7) is 5.36. The standard InChI is InChI=1S/C23H25ClN6O/c1-15-5-3-12-30(19(15)14-28-20-9-7-17(24)13-27-20)23(31)21-18(8-6-16(2)29-21)22-25-10-4-11-26-22/h4,6-11,13,15,19H,3,5,12,14H2,1-2H3,(H,27,28)/t15-,19?/m1/s1. The number of aromatic nitrogens is 4. The minimum atomic E-state index is -0.0893. The molecule has 1 unspecified atom stereocenters. The molecule has 31 heavy (non-hydrogen) atoms. The van der Waals surface area contributed by atoms with Crippen LogP contribution in [-0.4, -0.2) is 49.9 Å². The summed E-state index contributed by atoms with van der Waals surface area (Å²) in [6.07, 6.45) is 6.99. The quantitative estimate of drug-likeness (QED) is 0.643. The predicted octanol–water partition coefficient (Wildman–Crippen LogP) is 4.25. The van der Waals surface area contributed by atoms with Gasteiger partial charge < -0.3 is 10.2 Å². The number of aryl methyl sites for hydroxylation is 1. The van der Waals surface area contributed by atoms with Gasteiger partial charge in [-0.05, 0) is 56.0 Å². The number of anilines is 1. The van der Waals surface area contributed by atoms with Crippen molar-refractivity contribution in [3.63, 3.8) is 0 Å². The molecule has 3 aromatic rings. The van der Waals surface area contributed by atoms with Gasteiger partial charge in [0.15, 0.2) is 5.82 Å². The van der Waals surface area contributed by atoms with Gasteiger partial charge in [-0.2, -0.15) is 0 Å². The first-order valence-electron chi connectivity index (χ1n) is 10.4. The second kappa shape index (κ2) is 9.39. The Morgan fingerprint density at radius 3 is 2.74 bits per heavy atom. The van der Waals surface area contributed by atoms with Crippen LogP contribution in [0.5, 0.6) is 0 Å². The average molecular weight is 437 g/mol. The maximum Gasteiger partial charge on any atom is 0.273 e. The van der Waals surface area contributed by atoms with Crippen LogP contribution < -0.4 is 5.32 Å². The third kappa shape index (κ3) is 4.82. The van der Waals surface area contributed by atoms with Crippen molar-refractivity contribution in [2.24, 2.45) is 5.92 Å². The van der Waals surface area contributed by atoms with E-state index < -0.39 is 0 Å². The first-order valence-corrected chi connectivity index (χ1v) is 10.8. The molecule has 4 rings (SSSR count). The van der Waals surface area contributed by atoms with Crippen LogP contribution in [0.25, 0.3) is 11.4 Å². The molecule has 1 N–H and O–H groups in total. The van der Waals surface area contributed by atoms with Gasteiger partial charge >= 0.3 is 0 Å². The summed E-state index contributed by atoms with van der Waals surface area (Å²) in [6, 6.07) is 9.17. The number of hydrogen-bond donors (Lipinski definition) is 1. The third-order valence-electron chi connectivity index (χ3n) is 5.64. The fourth-order valence-electron chi connectivity index (χ4n) is 3.98. The van der Waals surface area contributed by atoms with Crippen LogP contribution in [0.4, 0.5) is 5.82 Å². The zero-order valence-electron chi connectivity index (χ0n) is 17.6. The summed E-state index contributed by atoms with van der Waals surface area (Å²) in [5.74, 6) is 1.50. The van der Waals surface area contributed by atoms with Crippen LogP contribution in [0.2, 0.25) is 5.02 Å². The summed E-state index contributed by atoms with van der Waals surface area (Å²) in [4.78, 5) is 33.2. The molecule has 0 aliphatic carbocycles. The number of amides is 1. The number of halogens is 1. The summed E-state index contributed by atoms with van der Waals surface area (Å²) >= 11 is 5.93. The van der Waals surface area contributed by atoms with E-state index in [1.165, 1.54) is 0 Å². The van der Waals surface area contributed by atoms with Gasteiger partial charge in [0.05, 0.1) is 16.6 Å². The Kier molecular flexibility index (Phi) is 6.42. The molecule has 2 atom stereocenters. The second-order valence-corrected chi connectivity index (χ2v) is 8.29. The first kappa shape index (κ1) is 21.2. The highest BCUT2D eigenvalue weighted by Gasteiger charge is 2.34. The van der Waals surface area contributed by atoms with Crippen LogP contribution >= 0.6 is 11.6 Å². The van der Waals surface area contributed by atoms with E-state index in [4.69, 9.17) is 11.6 Å². The van der Waals surface area contributed by atoms with Crippen LogP contribution in [0.15, 0.2) is 48.9 Å². The number of likely N-dealkylation sites (tertiary alicyclic amines) is 1. The maximum absolute atomic E-state index is 13.7. The van der Waals surface area contributed by atoms with Gasteiger partial charge in [0.25, 0.3) is 5.91 Å². The molecule has 7 nitrogen and oxygen atoms in total. The smallest absolute Gasteiger partial charge is 0.273 e. The van der Waals surface area contributed by atoms with E-state index in [0.29, 0.717) is 41.1 Å². The molecule has 0 radical (unpaired) electrons. The van der Waals surface area contributed by atoms with E-state index in [1.807, 2.05) is 30.0 Å². The second-order valence-electron chi connectivity index (χ2n) is 7.85. The van der Waals surface area contributed by atoms with E-state index in [9.17, 15) is 4.79 Å². The highest BCUT2D eigenvalue weighted by atomic mass is 35.5. The van der Waals surface area contributed by atoms with E-state index in [-0.39, 0.29) is 11.9 Å². The summed E-state index contributed by atoms with van der Waals surface area (Å²) in [7, 11) is 0. The van der Waals surface area contributed by atoms with Gasteiger partial charge in [-0.25, -0.2) is 19.9 Å². The molecular formula is C23H25ClN6O. The molecule has 1 aliphatic heterocycles. The number of piperidine rings is 1. The van der Waals surface area contributed by atoms with Gasteiger partial charge in [-0.1, -0.05) is 18.5 Å². The van der Waals surface area contributed by atoms with E-state index in [1.54, 1.807) is 30.7 Å². The van der Waals surface area contributed by atoms with E-state index in [2.05, 4.69) is 32.2 Å². The Morgan fingerprint density at radius 1 is 1.19 bits per heavy atom. The number of carbonyl (C=O) groups excluding carboxylic acids is 1. The Bertz CT molecular complexity index is 1040. The zero-order chi connectivity index (χ0) is 21.8. The largest absolute Gasteiger partial charge is 0.368 e. The molecule has 0 aromatic carbocycles. The monoisotopic (exact) mass is 436 g/mol. The molecule has 1 aliphatic rings. The normalized spacial score (nSPS) is 18.6. The Hall–Kier alpha value is -3.06. The molecule has 4 heterocycles. The lowest BCUT2D eigenvalue weighted by atomic mass is 9.90. The van der Waals surface area contributed by atoms with Crippen molar-refractivity contribution in [2.75, 3.05) is 18.4 Å². The number of hydrogen-bond acceptors (Lipinski definition) is 6. The molecule has 8 heteroatoms. The van der Waals surface area contributed by atoms with Crippen molar-refractivity contribution in [3.05, 3.63) is 65.3 Å². The predicted molar refractivity (Wildman–Crippen MR) is 121 cm³/mol. The molecule has 0 saturated carbocycles. The maximum atomic E-state index is 13.7. The summed E-state index contributed by atoms with van der Waals surface area (Å²) in [5.41, 5.74) is 1.84. The number of rotatable bonds is 5. The lowest BCUT2D eigenvalue weighted by Crippen LogP contribution is -2.51. The third-order valence-corrected chi connectivity index (χ3v) is 5.86. The first-order chi connectivity index (χ1) is 15.0. The molecule has 1 fully saturated rings. The topological polar surface area (TPSA) is 83.9 Å². The lowest BCUT2D eigenvalue weighted by molar-refractivity contribution is 0.0534. The van der Waals surface area contributed by atoms with Crippen molar-refractivity contribution < 1.29 is 4.79 Å². The van der Waals surface area contributed by atoms with Crippen molar-refractivity contribution in [3.8, 4) is 11.4 Å². The molecule has 0 spiro atoms. The Balaban J connectivity index is 1.61. The van der Waals surface area contributed by atoms with E-state index in [0.717, 1.165) is 24.4 Å². The van der Waals surface area contributed by atoms with Crippen molar-refractivity contribution >= 4 is 23.3 Å². The lowest BCUT2D eigenvalue weighted by Gasteiger charge is -2.40. The number of nitrogens with one attached hydrogen (secondary N) is 1. The minimum absolute atomic E-state index is 0.0191. The van der Waals surface area contributed by atoms with Crippen LogP contribution in [0.3, 0.4) is 0 Å². The van der Waals surface area contributed by atoms with Gasteiger partial charge in [-0.3, -0.25) is 4.79 Å². The van der Waals surface area contributed by atoms with Gasteiger partial charge in [0.2, 0.25) is 0 Å². The Labute approximate surface area is 186 Å². The van der Waals surface area contributed by atoms with Crippen LogP contribution in [0.1, 0.15) is 35.9 Å².